The fraction of sp³-hybridized carbons (Fsp3) is 0.400. The van der Waals surface area contributed by atoms with Crippen molar-refractivity contribution in [1.82, 2.24) is 10.2 Å². The third kappa shape index (κ3) is 4.95. The van der Waals surface area contributed by atoms with Gasteiger partial charge in [-0.1, -0.05) is 6.07 Å². The van der Waals surface area contributed by atoms with Crippen LogP contribution >= 0.6 is 11.3 Å². The molecule has 0 atom stereocenters. The van der Waals surface area contributed by atoms with E-state index >= 15 is 0 Å². The normalized spacial score (nSPS) is 13.8. The molecule has 0 fully saturated rings. The second kappa shape index (κ2) is 9.45. The van der Waals surface area contributed by atoms with Gasteiger partial charge in [0.05, 0.1) is 14.2 Å². The van der Waals surface area contributed by atoms with Gasteiger partial charge in [0, 0.05) is 24.5 Å². The maximum absolute atomic E-state index is 12.4. The molecular weight excluding hydrogens is 376 g/mol. The van der Waals surface area contributed by atoms with Crippen molar-refractivity contribution in [3.8, 4) is 11.5 Å². The van der Waals surface area contributed by atoms with Gasteiger partial charge >= 0.3 is 0 Å². The third-order valence-electron chi connectivity index (χ3n) is 4.71. The molecule has 1 aromatic heterocycles. The Morgan fingerprint density at radius 1 is 1.29 bits per heavy atom. The summed E-state index contributed by atoms with van der Waals surface area (Å²) in [6.07, 6.45) is 1.67. The van der Waals surface area contributed by atoms with Crippen LogP contribution in [0.25, 0.3) is 0 Å². The first kappa shape index (κ1) is 20.0. The van der Waals surface area contributed by atoms with Gasteiger partial charge in [-0.15, -0.1) is 11.3 Å². The number of amides is 1. The highest BCUT2D eigenvalue weighted by Crippen LogP contribution is 2.27. The number of methoxy groups -OCH3 is 2. The molecule has 8 heteroatoms. The highest BCUT2D eigenvalue weighted by atomic mass is 32.1. The summed E-state index contributed by atoms with van der Waals surface area (Å²) in [6.45, 7) is 2.09. The highest BCUT2D eigenvalue weighted by Gasteiger charge is 2.20. The summed E-state index contributed by atoms with van der Waals surface area (Å²) in [6, 6.07) is 7.88. The Hall–Kier alpha value is -2.74. The summed E-state index contributed by atoms with van der Waals surface area (Å²) in [5.74, 6) is 1.68. The fourth-order valence-corrected chi connectivity index (χ4v) is 4.03. The number of fused-ring (bicyclic) bond motifs is 1. The first-order valence-electron chi connectivity index (χ1n) is 9.18. The van der Waals surface area contributed by atoms with Crippen molar-refractivity contribution < 1.29 is 14.3 Å². The van der Waals surface area contributed by atoms with Crippen molar-refractivity contribution in [2.24, 2.45) is 10.7 Å². The quantitative estimate of drug-likeness (QED) is 0.545. The molecule has 1 aliphatic heterocycles. The number of carbonyl (C=O) groups is 1. The van der Waals surface area contributed by atoms with E-state index in [0.29, 0.717) is 24.6 Å². The molecule has 3 rings (SSSR count). The Balaban J connectivity index is 1.44. The van der Waals surface area contributed by atoms with E-state index < -0.39 is 0 Å². The molecule has 2 aromatic rings. The zero-order valence-electron chi connectivity index (χ0n) is 16.2. The molecule has 1 aliphatic rings. The number of hydrogen-bond acceptors (Lipinski definition) is 5. The number of nitrogens with two attached hydrogens (primary N) is 1. The molecule has 0 unspecified atom stereocenters. The summed E-state index contributed by atoms with van der Waals surface area (Å²) in [7, 11) is 3.23. The van der Waals surface area contributed by atoms with Crippen molar-refractivity contribution in [3.63, 3.8) is 0 Å². The van der Waals surface area contributed by atoms with E-state index in [0.717, 1.165) is 24.9 Å². The van der Waals surface area contributed by atoms with Crippen LogP contribution in [0.2, 0.25) is 0 Å². The van der Waals surface area contributed by atoms with Gasteiger partial charge in [-0.05, 0) is 47.5 Å². The number of nitrogens with zero attached hydrogens (tertiary/aromatic N) is 2. The zero-order chi connectivity index (χ0) is 19.9. The lowest BCUT2D eigenvalue weighted by molar-refractivity contribution is -0.130. The minimum atomic E-state index is 0.00138. The number of guanidine groups is 1. The summed E-state index contributed by atoms with van der Waals surface area (Å²) in [4.78, 5) is 19.8. The van der Waals surface area contributed by atoms with Gasteiger partial charge in [0.25, 0.3) is 0 Å². The molecule has 3 N–H and O–H groups in total. The van der Waals surface area contributed by atoms with Crippen LogP contribution in [0.5, 0.6) is 11.5 Å². The molecule has 0 saturated heterocycles. The van der Waals surface area contributed by atoms with E-state index in [1.165, 1.54) is 10.4 Å². The first-order chi connectivity index (χ1) is 13.6. The standard InChI is InChI=1S/C20H26N4O3S/c1-26-16-4-3-14(11-17(16)27-2)5-8-22-20(21)23-12-19(25)24-9-6-18-15(13-24)7-10-28-18/h3-4,7,10-11H,5-6,8-9,12-13H2,1-2H3,(H3,21,22,23). The van der Waals surface area contributed by atoms with Crippen LogP contribution in [-0.4, -0.2) is 50.6 Å². The van der Waals surface area contributed by atoms with E-state index in [9.17, 15) is 4.79 Å². The number of rotatable bonds is 7. The Kier molecular flexibility index (Phi) is 6.76. The van der Waals surface area contributed by atoms with Crippen molar-refractivity contribution >= 4 is 23.2 Å². The number of thiophene rings is 1. The highest BCUT2D eigenvalue weighted by molar-refractivity contribution is 7.10. The Bertz CT molecular complexity index is 850. The van der Waals surface area contributed by atoms with Crippen LogP contribution in [0, 0.1) is 0 Å². The molecule has 28 heavy (non-hydrogen) atoms. The van der Waals surface area contributed by atoms with E-state index in [1.807, 2.05) is 23.1 Å². The minimum absolute atomic E-state index is 0.00138. The summed E-state index contributed by atoms with van der Waals surface area (Å²) >= 11 is 1.76. The monoisotopic (exact) mass is 402 g/mol. The summed E-state index contributed by atoms with van der Waals surface area (Å²) in [5, 5.41) is 5.13. The van der Waals surface area contributed by atoms with Crippen molar-refractivity contribution in [3.05, 3.63) is 45.6 Å². The van der Waals surface area contributed by atoms with Gasteiger partial charge in [-0.3, -0.25) is 4.79 Å². The van der Waals surface area contributed by atoms with Crippen LogP contribution in [0.1, 0.15) is 16.0 Å². The topological polar surface area (TPSA) is 89.2 Å². The number of benzene rings is 1. The molecule has 7 nitrogen and oxygen atoms in total. The lowest BCUT2D eigenvalue weighted by atomic mass is 10.1. The molecule has 0 spiro atoms. The van der Waals surface area contributed by atoms with Crippen molar-refractivity contribution in [2.45, 2.75) is 19.4 Å². The summed E-state index contributed by atoms with van der Waals surface area (Å²) < 4.78 is 10.5. The fourth-order valence-electron chi connectivity index (χ4n) is 3.14. The first-order valence-corrected chi connectivity index (χ1v) is 10.1. The molecule has 0 saturated carbocycles. The maximum Gasteiger partial charge on any atom is 0.244 e. The second-order valence-electron chi connectivity index (χ2n) is 6.50. The molecule has 0 radical (unpaired) electrons. The van der Waals surface area contributed by atoms with Gasteiger partial charge in [-0.2, -0.15) is 0 Å². The average Bonchev–Trinajstić information content (AvgIpc) is 3.19. The van der Waals surface area contributed by atoms with E-state index in [-0.39, 0.29) is 18.4 Å². The molecule has 0 bridgehead atoms. The predicted molar refractivity (Wildman–Crippen MR) is 111 cm³/mol. The number of hydrogen-bond donors (Lipinski definition) is 2. The van der Waals surface area contributed by atoms with Gasteiger partial charge in [-0.25, -0.2) is 4.99 Å². The Morgan fingerprint density at radius 3 is 2.89 bits per heavy atom. The lowest BCUT2D eigenvalue weighted by Crippen LogP contribution is -2.38. The molecule has 150 valence electrons. The van der Waals surface area contributed by atoms with Gasteiger partial charge in [0.2, 0.25) is 5.91 Å². The smallest absolute Gasteiger partial charge is 0.244 e. The van der Waals surface area contributed by atoms with Crippen LogP contribution in [0.4, 0.5) is 0 Å². The molecule has 0 aliphatic carbocycles. The maximum atomic E-state index is 12.4. The largest absolute Gasteiger partial charge is 0.493 e. The van der Waals surface area contributed by atoms with Gasteiger partial charge < -0.3 is 25.4 Å². The number of nitrogens with one attached hydrogen (secondary N) is 1. The van der Waals surface area contributed by atoms with Crippen LogP contribution in [0.15, 0.2) is 34.6 Å². The third-order valence-corrected chi connectivity index (χ3v) is 5.74. The second-order valence-corrected chi connectivity index (χ2v) is 7.50. The average molecular weight is 403 g/mol. The van der Waals surface area contributed by atoms with Crippen molar-refractivity contribution in [1.29, 1.82) is 0 Å². The Labute approximate surface area is 169 Å². The lowest BCUT2D eigenvalue weighted by Gasteiger charge is -2.26. The molecule has 2 heterocycles. The number of ether oxygens (including phenoxy) is 2. The zero-order valence-corrected chi connectivity index (χ0v) is 17.1. The van der Waals surface area contributed by atoms with Crippen molar-refractivity contribution in [2.75, 3.05) is 33.9 Å². The van der Waals surface area contributed by atoms with E-state index in [1.54, 1.807) is 25.6 Å². The minimum Gasteiger partial charge on any atom is -0.493 e. The SMILES string of the molecule is COc1ccc(CCNC(N)=NCC(=O)N2CCc3sccc3C2)cc1OC. The van der Waals surface area contributed by atoms with Crippen LogP contribution < -0.4 is 20.5 Å². The predicted octanol–water partition coefficient (Wildman–Crippen LogP) is 1.80. The molecule has 1 aromatic carbocycles. The number of carbonyl (C=O) groups excluding carboxylic acids is 1. The van der Waals surface area contributed by atoms with Gasteiger partial charge in [0.1, 0.15) is 6.54 Å². The van der Waals surface area contributed by atoms with Gasteiger partial charge in [0.15, 0.2) is 17.5 Å². The van der Waals surface area contributed by atoms with Crippen LogP contribution in [0.3, 0.4) is 0 Å². The van der Waals surface area contributed by atoms with E-state index in [2.05, 4.69) is 21.8 Å². The molecule has 1 amide bonds. The van der Waals surface area contributed by atoms with Crippen LogP contribution in [-0.2, 0) is 24.2 Å². The summed E-state index contributed by atoms with van der Waals surface area (Å²) in [5.41, 5.74) is 8.24. The molecular formula is C20H26N4O3S. The van der Waals surface area contributed by atoms with E-state index in [4.69, 9.17) is 15.2 Å². The number of aliphatic imine (C=N–C) groups is 1. The Morgan fingerprint density at radius 2 is 2.11 bits per heavy atom.